The molecule has 1 N–H and O–H groups in total. The molecule has 0 aromatic heterocycles. The summed E-state index contributed by atoms with van der Waals surface area (Å²) in [6.45, 7) is 0. The number of benzene rings is 3. The highest BCUT2D eigenvalue weighted by molar-refractivity contribution is 7.92. The SMILES string of the molecule is O=C(/C=C/c1ccccc1Cl)c1ccccc1NS(=O)(=O)c1ccccc1. The topological polar surface area (TPSA) is 63.2 Å². The van der Waals surface area contributed by atoms with Crippen LogP contribution in [-0.4, -0.2) is 14.2 Å². The second-order valence-electron chi connectivity index (χ2n) is 5.68. The summed E-state index contributed by atoms with van der Waals surface area (Å²) in [7, 11) is -3.79. The van der Waals surface area contributed by atoms with E-state index in [4.69, 9.17) is 11.6 Å². The number of carbonyl (C=O) groups excluding carboxylic acids is 1. The number of rotatable bonds is 6. The van der Waals surface area contributed by atoms with Crippen LogP contribution in [0.15, 0.2) is 89.8 Å². The molecule has 0 heterocycles. The van der Waals surface area contributed by atoms with Gasteiger partial charge in [0.1, 0.15) is 0 Å². The summed E-state index contributed by atoms with van der Waals surface area (Å²) in [6.07, 6.45) is 2.98. The van der Waals surface area contributed by atoms with Gasteiger partial charge in [0.15, 0.2) is 5.78 Å². The maximum Gasteiger partial charge on any atom is 0.261 e. The van der Waals surface area contributed by atoms with Crippen LogP contribution < -0.4 is 4.72 Å². The van der Waals surface area contributed by atoms with E-state index in [0.29, 0.717) is 10.6 Å². The standard InChI is InChI=1S/C21H16ClNO3S/c22-19-12-6-4-8-16(19)14-15-21(24)18-11-5-7-13-20(18)23-27(25,26)17-9-2-1-3-10-17/h1-15,23H/b15-14+. The van der Waals surface area contributed by atoms with Gasteiger partial charge in [-0.25, -0.2) is 8.42 Å². The number of halogens is 1. The molecule has 0 amide bonds. The van der Waals surface area contributed by atoms with Crippen LogP contribution in [0, 0.1) is 0 Å². The third-order valence-electron chi connectivity index (χ3n) is 3.81. The van der Waals surface area contributed by atoms with Crippen molar-refractivity contribution in [1.29, 1.82) is 0 Å². The zero-order valence-electron chi connectivity index (χ0n) is 14.2. The molecule has 27 heavy (non-hydrogen) atoms. The number of ketones is 1. The molecular formula is C21H16ClNO3S. The fourth-order valence-corrected chi connectivity index (χ4v) is 3.76. The summed E-state index contributed by atoms with van der Waals surface area (Å²) in [5.41, 5.74) is 1.17. The lowest BCUT2D eigenvalue weighted by Gasteiger charge is -2.11. The van der Waals surface area contributed by atoms with Crippen LogP contribution in [0.25, 0.3) is 6.08 Å². The molecule has 3 rings (SSSR count). The third kappa shape index (κ3) is 4.64. The van der Waals surface area contributed by atoms with Gasteiger partial charge in [0.05, 0.1) is 10.6 Å². The Labute approximate surface area is 163 Å². The Morgan fingerprint density at radius 2 is 1.48 bits per heavy atom. The van der Waals surface area contributed by atoms with Crippen LogP contribution in [0.5, 0.6) is 0 Å². The predicted octanol–water partition coefficient (Wildman–Crippen LogP) is 5.04. The average molecular weight is 398 g/mol. The molecule has 0 radical (unpaired) electrons. The van der Waals surface area contributed by atoms with Gasteiger partial charge in [0.2, 0.25) is 0 Å². The molecule has 0 saturated carbocycles. The van der Waals surface area contributed by atoms with Gasteiger partial charge in [-0.3, -0.25) is 9.52 Å². The normalized spacial score (nSPS) is 11.4. The largest absolute Gasteiger partial charge is 0.289 e. The molecule has 3 aromatic rings. The molecule has 0 fully saturated rings. The molecule has 0 aliphatic heterocycles. The highest BCUT2D eigenvalue weighted by Gasteiger charge is 2.17. The number of hydrogen-bond donors (Lipinski definition) is 1. The van der Waals surface area contributed by atoms with Crippen molar-refractivity contribution in [3.63, 3.8) is 0 Å². The maximum atomic E-state index is 12.6. The summed E-state index contributed by atoms with van der Waals surface area (Å²) in [5.74, 6) is -0.332. The second-order valence-corrected chi connectivity index (χ2v) is 7.77. The van der Waals surface area contributed by atoms with E-state index < -0.39 is 10.0 Å². The summed E-state index contributed by atoms with van der Waals surface area (Å²) in [4.78, 5) is 12.7. The Morgan fingerprint density at radius 1 is 0.852 bits per heavy atom. The van der Waals surface area contributed by atoms with Gasteiger partial charge < -0.3 is 0 Å². The first-order chi connectivity index (χ1) is 13.0. The van der Waals surface area contributed by atoms with E-state index in [2.05, 4.69) is 4.72 Å². The Kier molecular flexibility index (Phi) is 5.74. The summed E-state index contributed by atoms with van der Waals surface area (Å²) < 4.78 is 27.6. The van der Waals surface area contributed by atoms with E-state index in [1.807, 2.05) is 6.07 Å². The summed E-state index contributed by atoms with van der Waals surface area (Å²) in [6, 6.07) is 21.6. The van der Waals surface area contributed by atoms with Crippen molar-refractivity contribution in [2.45, 2.75) is 4.90 Å². The van der Waals surface area contributed by atoms with Gasteiger partial charge in [-0.05, 0) is 48.0 Å². The van der Waals surface area contributed by atoms with E-state index >= 15 is 0 Å². The van der Waals surface area contributed by atoms with Crippen molar-refractivity contribution < 1.29 is 13.2 Å². The molecule has 0 aliphatic carbocycles. The van der Waals surface area contributed by atoms with E-state index in [9.17, 15) is 13.2 Å². The number of allylic oxidation sites excluding steroid dienone is 1. The monoisotopic (exact) mass is 397 g/mol. The van der Waals surface area contributed by atoms with Crippen LogP contribution in [0.3, 0.4) is 0 Å². The highest BCUT2D eigenvalue weighted by atomic mass is 35.5. The van der Waals surface area contributed by atoms with Gasteiger partial charge in [0, 0.05) is 10.6 Å². The number of anilines is 1. The second kappa shape index (κ2) is 8.20. The van der Waals surface area contributed by atoms with Gasteiger partial charge in [0.25, 0.3) is 10.0 Å². The number of nitrogens with one attached hydrogen (secondary N) is 1. The minimum absolute atomic E-state index is 0.124. The lowest BCUT2D eigenvalue weighted by molar-refractivity contribution is 0.104. The van der Waals surface area contributed by atoms with Crippen molar-refractivity contribution in [3.8, 4) is 0 Å². The lowest BCUT2D eigenvalue weighted by Crippen LogP contribution is -2.15. The Bertz CT molecular complexity index is 1090. The van der Waals surface area contributed by atoms with E-state index in [-0.39, 0.29) is 21.9 Å². The fourth-order valence-electron chi connectivity index (χ4n) is 2.46. The number of sulfonamides is 1. The number of carbonyl (C=O) groups is 1. The van der Waals surface area contributed by atoms with Crippen molar-refractivity contribution in [2.75, 3.05) is 4.72 Å². The molecule has 0 spiro atoms. The van der Waals surface area contributed by atoms with Crippen LogP contribution in [0.4, 0.5) is 5.69 Å². The molecule has 3 aromatic carbocycles. The first kappa shape index (κ1) is 18.9. The molecule has 4 nitrogen and oxygen atoms in total. The Morgan fingerprint density at radius 3 is 2.22 bits per heavy atom. The van der Waals surface area contributed by atoms with Crippen molar-refractivity contribution in [3.05, 3.63) is 101 Å². The third-order valence-corrected chi connectivity index (χ3v) is 5.54. The predicted molar refractivity (Wildman–Crippen MR) is 109 cm³/mol. The first-order valence-corrected chi connectivity index (χ1v) is 9.97. The van der Waals surface area contributed by atoms with E-state index in [1.165, 1.54) is 18.2 Å². The maximum absolute atomic E-state index is 12.6. The minimum atomic E-state index is -3.79. The minimum Gasteiger partial charge on any atom is -0.289 e. The van der Waals surface area contributed by atoms with Gasteiger partial charge in [-0.2, -0.15) is 0 Å². The molecule has 0 saturated heterocycles. The van der Waals surface area contributed by atoms with Crippen LogP contribution in [0.1, 0.15) is 15.9 Å². The molecule has 0 atom stereocenters. The molecular weight excluding hydrogens is 382 g/mol. The average Bonchev–Trinajstić information content (AvgIpc) is 2.68. The van der Waals surface area contributed by atoms with Gasteiger partial charge >= 0.3 is 0 Å². The zero-order valence-corrected chi connectivity index (χ0v) is 15.7. The molecule has 0 aliphatic rings. The first-order valence-electron chi connectivity index (χ1n) is 8.11. The van der Waals surface area contributed by atoms with Gasteiger partial charge in [-0.15, -0.1) is 0 Å². The number of hydrogen-bond acceptors (Lipinski definition) is 3. The zero-order chi connectivity index (χ0) is 19.3. The van der Waals surface area contributed by atoms with Crippen molar-refractivity contribution in [1.82, 2.24) is 0 Å². The van der Waals surface area contributed by atoms with E-state index in [1.54, 1.807) is 66.7 Å². The van der Waals surface area contributed by atoms with Crippen LogP contribution in [-0.2, 0) is 10.0 Å². The summed E-state index contributed by atoms with van der Waals surface area (Å²) >= 11 is 6.09. The number of para-hydroxylation sites is 1. The molecule has 6 heteroatoms. The Hall–Kier alpha value is -2.89. The quantitative estimate of drug-likeness (QED) is 0.468. The lowest BCUT2D eigenvalue weighted by atomic mass is 10.1. The smallest absolute Gasteiger partial charge is 0.261 e. The van der Waals surface area contributed by atoms with E-state index in [0.717, 1.165) is 0 Å². The molecule has 0 bridgehead atoms. The van der Waals surface area contributed by atoms with Crippen LogP contribution >= 0.6 is 11.6 Å². The highest BCUT2D eigenvalue weighted by Crippen LogP contribution is 2.22. The molecule has 0 unspecified atom stereocenters. The van der Waals surface area contributed by atoms with Crippen molar-refractivity contribution >= 4 is 39.2 Å². The molecule has 136 valence electrons. The van der Waals surface area contributed by atoms with Crippen LogP contribution in [0.2, 0.25) is 5.02 Å². The van der Waals surface area contributed by atoms with Gasteiger partial charge in [-0.1, -0.05) is 60.1 Å². The Balaban J connectivity index is 1.88. The fraction of sp³-hybridized carbons (Fsp3) is 0. The summed E-state index contributed by atoms with van der Waals surface area (Å²) in [5, 5.41) is 0.527. The van der Waals surface area contributed by atoms with Crippen molar-refractivity contribution in [2.24, 2.45) is 0 Å².